The number of carbonyl (C=O) groups is 1. The van der Waals surface area contributed by atoms with Gasteiger partial charge < -0.3 is 4.90 Å². The van der Waals surface area contributed by atoms with Gasteiger partial charge in [-0.25, -0.2) is 8.42 Å². The van der Waals surface area contributed by atoms with Gasteiger partial charge in [0.15, 0.2) is 0 Å². The van der Waals surface area contributed by atoms with Gasteiger partial charge in [-0.15, -0.1) is 11.3 Å². The largest absolute Gasteiger partial charge is 0.342 e. The van der Waals surface area contributed by atoms with E-state index in [0.29, 0.717) is 43.1 Å². The summed E-state index contributed by atoms with van der Waals surface area (Å²) in [7, 11) is -3.51. The number of piperidine rings is 2. The van der Waals surface area contributed by atoms with Gasteiger partial charge in [-0.1, -0.05) is 0 Å². The summed E-state index contributed by atoms with van der Waals surface area (Å²) in [5.74, 6) is -0.198. The number of carbonyl (C=O) groups excluding carboxylic acids is 1. The molecule has 1 aromatic heterocycles. The van der Waals surface area contributed by atoms with Crippen molar-refractivity contribution < 1.29 is 13.2 Å². The van der Waals surface area contributed by atoms with Gasteiger partial charge in [0.2, 0.25) is 5.91 Å². The monoisotopic (exact) mass is 381 g/mol. The second-order valence-electron chi connectivity index (χ2n) is 6.80. The summed E-state index contributed by atoms with van der Waals surface area (Å²) in [6.45, 7) is 3.82. The standard InChI is InChI=1S/C17H23N3O3S2/c1-13-4-5-16(24-13)25(22,23)20-8-2-3-15(12-20)17(21)19-9-6-14(11-18)7-10-19/h4-5,14-15H,2-3,6-10,12H2,1H3. The maximum Gasteiger partial charge on any atom is 0.252 e. The molecule has 8 heteroatoms. The SMILES string of the molecule is Cc1ccc(S(=O)(=O)N2CCCC(C(=O)N3CCC(C#N)CC3)C2)s1. The quantitative estimate of drug-likeness (QED) is 0.804. The van der Waals surface area contributed by atoms with Crippen LogP contribution in [0.1, 0.15) is 30.6 Å². The Bertz CT molecular complexity index is 773. The number of rotatable bonds is 3. The molecule has 0 saturated carbocycles. The van der Waals surface area contributed by atoms with Crippen LogP contribution in [0.15, 0.2) is 16.3 Å². The molecule has 2 aliphatic rings. The summed E-state index contributed by atoms with van der Waals surface area (Å²) in [4.78, 5) is 15.6. The molecule has 1 atom stereocenters. The molecule has 0 N–H and O–H groups in total. The molecule has 1 unspecified atom stereocenters. The van der Waals surface area contributed by atoms with Crippen LogP contribution < -0.4 is 0 Å². The second kappa shape index (κ2) is 7.44. The summed E-state index contributed by atoms with van der Waals surface area (Å²) < 4.78 is 27.4. The molecule has 0 spiro atoms. The van der Waals surface area contributed by atoms with Crippen molar-refractivity contribution in [3.05, 3.63) is 17.0 Å². The van der Waals surface area contributed by atoms with Crippen molar-refractivity contribution in [2.75, 3.05) is 26.2 Å². The average Bonchev–Trinajstić information content (AvgIpc) is 3.08. The summed E-state index contributed by atoms with van der Waals surface area (Å²) in [6.07, 6.45) is 2.86. The lowest BCUT2D eigenvalue weighted by atomic mass is 9.94. The highest BCUT2D eigenvalue weighted by Crippen LogP contribution is 2.29. The van der Waals surface area contributed by atoms with Crippen LogP contribution in [0.2, 0.25) is 0 Å². The first-order chi connectivity index (χ1) is 11.9. The molecule has 0 radical (unpaired) electrons. The number of aryl methyl sites for hydroxylation is 1. The van der Waals surface area contributed by atoms with E-state index in [1.807, 2.05) is 17.9 Å². The van der Waals surface area contributed by atoms with Gasteiger partial charge in [0.25, 0.3) is 10.0 Å². The van der Waals surface area contributed by atoms with E-state index < -0.39 is 10.0 Å². The van der Waals surface area contributed by atoms with E-state index in [2.05, 4.69) is 6.07 Å². The molecular weight excluding hydrogens is 358 g/mol. The van der Waals surface area contributed by atoms with Gasteiger partial charge in [0.1, 0.15) is 4.21 Å². The van der Waals surface area contributed by atoms with Crippen LogP contribution in [0, 0.1) is 30.1 Å². The molecule has 136 valence electrons. The fraction of sp³-hybridized carbons (Fsp3) is 0.647. The summed E-state index contributed by atoms with van der Waals surface area (Å²) in [6, 6.07) is 5.72. The number of likely N-dealkylation sites (tertiary alicyclic amines) is 1. The minimum atomic E-state index is -3.51. The summed E-state index contributed by atoms with van der Waals surface area (Å²) >= 11 is 1.27. The minimum Gasteiger partial charge on any atom is -0.342 e. The molecular formula is C17H23N3O3S2. The van der Waals surface area contributed by atoms with E-state index in [9.17, 15) is 13.2 Å². The number of hydrogen-bond acceptors (Lipinski definition) is 5. The first kappa shape index (κ1) is 18.4. The highest BCUT2D eigenvalue weighted by molar-refractivity contribution is 7.91. The molecule has 0 aliphatic carbocycles. The third kappa shape index (κ3) is 3.89. The molecule has 6 nitrogen and oxygen atoms in total. The predicted octanol–water partition coefficient (Wildman–Crippen LogP) is 2.22. The Balaban J connectivity index is 1.67. The highest BCUT2D eigenvalue weighted by Gasteiger charge is 2.36. The Morgan fingerprint density at radius 1 is 1.24 bits per heavy atom. The van der Waals surface area contributed by atoms with E-state index in [0.717, 1.165) is 11.3 Å². The third-order valence-electron chi connectivity index (χ3n) is 5.03. The Morgan fingerprint density at radius 2 is 1.96 bits per heavy atom. The molecule has 2 fully saturated rings. The van der Waals surface area contributed by atoms with E-state index in [1.54, 1.807) is 6.07 Å². The average molecular weight is 382 g/mol. The predicted molar refractivity (Wildman–Crippen MR) is 95.5 cm³/mol. The zero-order chi connectivity index (χ0) is 18.0. The zero-order valence-electron chi connectivity index (χ0n) is 14.3. The van der Waals surface area contributed by atoms with Gasteiger partial charge >= 0.3 is 0 Å². The number of nitriles is 1. The van der Waals surface area contributed by atoms with Crippen LogP contribution >= 0.6 is 11.3 Å². The van der Waals surface area contributed by atoms with Gasteiger partial charge in [-0.05, 0) is 44.7 Å². The summed E-state index contributed by atoms with van der Waals surface area (Å²) in [5.41, 5.74) is 0. The van der Waals surface area contributed by atoms with Crippen molar-refractivity contribution in [2.24, 2.45) is 11.8 Å². The Labute approximate surface area is 153 Å². The molecule has 2 aliphatic heterocycles. The number of sulfonamides is 1. The van der Waals surface area contributed by atoms with Crippen molar-refractivity contribution in [1.82, 2.24) is 9.21 Å². The van der Waals surface area contributed by atoms with E-state index in [1.165, 1.54) is 15.6 Å². The maximum atomic E-state index is 12.8. The van der Waals surface area contributed by atoms with Gasteiger partial charge in [0.05, 0.1) is 12.0 Å². The lowest BCUT2D eigenvalue weighted by Crippen LogP contribution is -2.48. The van der Waals surface area contributed by atoms with Crippen molar-refractivity contribution in [1.29, 1.82) is 5.26 Å². The van der Waals surface area contributed by atoms with Gasteiger partial charge in [-0.3, -0.25) is 4.79 Å². The minimum absolute atomic E-state index is 0.0364. The maximum absolute atomic E-state index is 12.8. The molecule has 0 bridgehead atoms. The Kier molecular flexibility index (Phi) is 5.46. The van der Waals surface area contributed by atoms with Crippen molar-refractivity contribution in [3.8, 4) is 6.07 Å². The molecule has 25 heavy (non-hydrogen) atoms. The third-order valence-corrected chi connectivity index (χ3v) is 8.37. The molecule has 1 amide bonds. The van der Waals surface area contributed by atoms with E-state index in [-0.39, 0.29) is 24.3 Å². The van der Waals surface area contributed by atoms with Gasteiger partial charge in [0, 0.05) is 37.0 Å². The molecule has 2 saturated heterocycles. The number of amides is 1. The number of thiophene rings is 1. The lowest BCUT2D eigenvalue weighted by molar-refractivity contribution is -0.137. The Morgan fingerprint density at radius 3 is 2.56 bits per heavy atom. The normalized spacial score (nSPS) is 23.4. The molecule has 3 rings (SSSR count). The van der Waals surface area contributed by atoms with E-state index in [4.69, 9.17) is 5.26 Å². The van der Waals surface area contributed by atoms with Crippen LogP contribution in [0.3, 0.4) is 0 Å². The molecule has 1 aromatic rings. The van der Waals surface area contributed by atoms with Crippen molar-refractivity contribution in [3.63, 3.8) is 0 Å². The molecule has 0 aromatic carbocycles. The van der Waals surface area contributed by atoms with Crippen LogP contribution in [-0.2, 0) is 14.8 Å². The van der Waals surface area contributed by atoms with Crippen LogP contribution in [-0.4, -0.2) is 49.7 Å². The smallest absolute Gasteiger partial charge is 0.252 e. The van der Waals surface area contributed by atoms with Crippen LogP contribution in [0.25, 0.3) is 0 Å². The fourth-order valence-corrected chi connectivity index (χ4v) is 6.49. The van der Waals surface area contributed by atoms with Gasteiger partial charge in [-0.2, -0.15) is 9.57 Å². The highest BCUT2D eigenvalue weighted by atomic mass is 32.2. The van der Waals surface area contributed by atoms with Crippen LogP contribution in [0.5, 0.6) is 0 Å². The molecule has 3 heterocycles. The van der Waals surface area contributed by atoms with Crippen molar-refractivity contribution >= 4 is 27.3 Å². The topological polar surface area (TPSA) is 81.5 Å². The first-order valence-corrected chi connectivity index (χ1v) is 10.9. The Hall–Kier alpha value is -1.43. The first-order valence-electron chi connectivity index (χ1n) is 8.67. The number of hydrogen-bond donors (Lipinski definition) is 0. The van der Waals surface area contributed by atoms with Crippen LogP contribution in [0.4, 0.5) is 0 Å². The zero-order valence-corrected chi connectivity index (χ0v) is 16.0. The lowest BCUT2D eigenvalue weighted by Gasteiger charge is -2.36. The second-order valence-corrected chi connectivity index (χ2v) is 10.2. The fourth-order valence-electron chi connectivity index (χ4n) is 3.53. The number of nitrogens with zero attached hydrogens (tertiary/aromatic N) is 3. The van der Waals surface area contributed by atoms with E-state index >= 15 is 0 Å². The summed E-state index contributed by atoms with van der Waals surface area (Å²) in [5, 5.41) is 8.97. The van der Waals surface area contributed by atoms with Crippen molar-refractivity contribution in [2.45, 2.75) is 36.8 Å².